The van der Waals surface area contributed by atoms with E-state index in [-0.39, 0.29) is 49.5 Å². The van der Waals surface area contributed by atoms with E-state index >= 15 is 0 Å². The Morgan fingerprint density at radius 3 is 2.04 bits per heavy atom. The Hall–Kier alpha value is -4.43. The Morgan fingerprint density at radius 2 is 1.46 bits per heavy atom. The van der Waals surface area contributed by atoms with Gasteiger partial charge < -0.3 is 37.2 Å². The van der Waals surface area contributed by atoms with Gasteiger partial charge in [0.25, 0.3) is 0 Å². The molecule has 7 N–H and O–H groups in total. The van der Waals surface area contributed by atoms with Crippen LogP contribution in [0, 0.1) is 11.8 Å². The van der Waals surface area contributed by atoms with Gasteiger partial charge in [-0.05, 0) is 67.7 Å². The summed E-state index contributed by atoms with van der Waals surface area (Å²) in [5.41, 5.74) is 12.9. The summed E-state index contributed by atoms with van der Waals surface area (Å²) in [5, 5.41) is 8.63. The van der Waals surface area contributed by atoms with Gasteiger partial charge in [0.05, 0.1) is 0 Å². The third-order valence-electron chi connectivity index (χ3n) is 10.1. The number of rotatable bonds is 21. The van der Waals surface area contributed by atoms with Crippen LogP contribution >= 0.6 is 11.8 Å². The van der Waals surface area contributed by atoms with E-state index in [4.69, 9.17) is 11.5 Å². The topological polar surface area (TPSA) is 197 Å². The molecule has 6 amide bonds. The second-order valence-electron chi connectivity index (χ2n) is 14.7. The predicted molar refractivity (Wildman–Crippen MR) is 210 cm³/mol. The number of carbonyl (C=O) groups excluding carboxylic acids is 6. The Balaban J connectivity index is 1.57. The molecule has 4 rings (SSSR count). The molecule has 2 aliphatic rings. The molecule has 54 heavy (non-hydrogen) atoms. The quantitative estimate of drug-likeness (QED) is 0.119. The number of hydrogen-bond donors (Lipinski definition) is 5. The lowest BCUT2D eigenvalue weighted by atomic mass is 10.0. The lowest BCUT2D eigenvalue weighted by Gasteiger charge is -2.32. The zero-order chi connectivity index (χ0) is 39.2. The number of primary amides is 1. The third kappa shape index (κ3) is 11.8. The van der Waals surface area contributed by atoms with Crippen molar-refractivity contribution < 1.29 is 28.8 Å². The fourth-order valence-corrected chi connectivity index (χ4v) is 7.78. The van der Waals surface area contributed by atoms with E-state index in [0.29, 0.717) is 50.9 Å². The molecule has 0 aromatic heterocycles. The Labute approximate surface area is 323 Å². The summed E-state index contributed by atoms with van der Waals surface area (Å²) >= 11 is 1.54. The molecule has 0 unspecified atom stereocenters. The largest absolute Gasteiger partial charge is 0.368 e. The highest BCUT2D eigenvalue weighted by molar-refractivity contribution is 7.98. The fraction of sp³-hybridized carbons (Fsp3) is 0.550. The number of likely N-dealkylation sites (tertiary alicyclic amines) is 2. The summed E-state index contributed by atoms with van der Waals surface area (Å²) in [6, 6.07) is 14.2. The molecule has 2 saturated heterocycles. The van der Waals surface area contributed by atoms with Gasteiger partial charge in [0.15, 0.2) is 0 Å². The van der Waals surface area contributed by atoms with Crippen LogP contribution in [0.25, 0.3) is 0 Å². The van der Waals surface area contributed by atoms with Crippen LogP contribution < -0.4 is 27.4 Å². The van der Waals surface area contributed by atoms with Gasteiger partial charge in [-0.15, -0.1) is 0 Å². The number of carbonyl (C=O) groups is 6. The number of amides is 6. The van der Waals surface area contributed by atoms with Crippen LogP contribution in [0.15, 0.2) is 60.7 Å². The molecule has 0 radical (unpaired) electrons. The summed E-state index contributed by atoms with van der Waals surface area (Å²) in [5.74, 6) is -2.12. The molecule has 0 bridgehead atoms. The van der Waals surface area contributed by atoms with Crippen LogP contribution in [0.4, 0.5) is 0 Å². The normalized spacial score (nSPS) is 18.8. The van der Waals surface area contributed by atoms with Crippen molar-refractivity contribution in [3.05, 3.63) is 71.8 Å². The Bertz CT molecular complexity index is 1580. The highest BCUT2D eigenvalue weighted by atomic mass is 32.2. The molecular formula is C40H57N7O6S. The number of fused-ring (bicyclic) bond motifs is 1. The van der Waals surface area contributed by atoms with Crippen LogP contribution in [0.5, 0.6) is 0 Å². The minimum absolute atomic E-state index is 0.0559. The van der Waals surface area contributed by atoms with Gasteiger partial charge in [-0.2, -0.15) is 11.8 Å². The summed E-state index contributed by atoms with van der Waals surface area (Å²) in [4.78, 5) is 84.9. The highest BCUT2D eigenvalue weighted by Crippen LogP contribution is 2.35. The molecule has 0 spiro atoms. The average Bonchev–Trinajstić information content (AvgIpc) is 3.71. The Kier molecular flexibility index (Phi) is 16.4. The zero-order valence-electron chi connectivity index (χ0n) is 31.7. The summed E-state index contributed by atoms with van der Waals surface area (Å²) in [6.07, 6.45) is 5.06. The number of unbranched alkanes of at least 4 members (excludes halogenated alkanes) is 1. The molecular weight excluding hydrogens is 707 g/mol. The van der Waals surface area contributed by atoms with Crippen LogP contribution in [0.3, 0.4) is 0 Å². The Morgan fingerprint density at radius 1 is 0.852 bits per heavy atom. The summed E-state index contributed by atoms with van der Waals surface area (Å²) in [7, 11) is 0. The van der Waals surface area contributed by atoms with Crippen molar-refractivity contribution in [1.29, 1.82) is 0 Å². The molecule has 2 fully saturated rings. The van der Waals surface area contributed by atoms with E-state index < -0.39 is 53.8 Å². The lowest BCUT2D eigenvalue weighted by Crippen LogP contribution is -2.58. The number of nitrogens with one attached hydrogen (secondary N) is 3. The molecule has 13 nitrogen and oxygen atoms in total. The zero-order valence-corrected chi connectivity index (χ0v) is 32.5. The second kappa shape index (κ2) is 20.9. The van der Waals surface area contributed by atoms with E-state index in [2.05, 4.69) is 16.0 Å². The maximum Gasteiger partial charge on any atom is 0.246 e. The molecule has 0 aliphatic carbocycles. The van der Waals surface area contributed by atoms with Crippen molar-refractivity contribution in [2.45, 2.75) is 95.4 Å². The SMILES string of the molecule is CSCC[C@H](NC(=O)[C@H](CC(C)C)N1C[C@H]2CCN(C(=O)[C@H](Cc3ccccc3)NC(=O)[C@H](Cc3ccccc3)NC(=O)CCCCN)[C@H]2C1=O)C(N)=O. The first kappa shape index (κ1) is 42.3. The number of hydrogen-bond acceptors (Lipinski definition) is 8. The van der Waals surface area contributed by atoms with Crippen molar-refractivity contribution >= 4 is 47.2 Å². The number of thioether (sulfide) groups is 1. The molecule has 0 saturated carbocycles. The van der Waals surface area contributed by atoms with Gasteiger partial charge >= 0.3 is 0 Å². The second-order valence-corrected chi connectivity index (χ2v) is 15.7. The van der Waals surface area contributed by atoms with Crippen LogP contribution in [-0.2, 0) is 41.6 Å². The summed E-state index contributed by atoms with van der Waals surface area (Å²) in [6.45, 7) is 4.99. The maximum atomic E-state index is 14.6. The van der Waals surface area contributed by atoms with Gasteiger partial charge in [-0.3, -0.25) is 28.8 Å². The smallest absolute Gasteiger partial charge is 0.246 e. The van der Waals surface area contributed by atoms with Crippen molar-refractivity contribution in [2.75, 3.05) is 31.6 Å². The minimum Gasteiger partial charge on any atom is -0.368 e. The van der Waals surface area contributed by atoms with E-state index in [1.807, 2.05) is 80.8 Å². The van der Waals surface area contributed by atoms with Crippen molar-refractivity contribution in [1.82, 2.24) is 25.8 Å². The van der Waals surface area contributed by atoms with Crippen molar-refractivity contribution in [3.63, 3.8) is 0 Å². The van der Waals surface area contributed by atoms with E-state index in [9.17, 15) is 28.8 Å². The molecule has 14 heteroatoms. The highest BCUT2D eigenvalue weighted by Gasteiger charge is 2.53. The molecule has 2 heterocycles. The van der Waals surface area contributed by atoms with Gasteiger partial charge in [0.2, 0.25) is 35.4 Å². The van der Waals surface area contributed by atoms with Crippen molar-refractivity contribution in [2.24, 2.45) is 23.3 Å². The van der Waals surface area contributed by atoms with Crippen LogP contribution in [0.2, 0.25) is 0 Å². The van der Waals surface area contributed by atoms with Gasteiger partial charge in [-0.1, -0.05) is 74.5 Å². The predicted octanol–water partition coefficient (Wildman–Crippen LogP) is 1.77. The first-order valence-electron chi connectivity index (χ1n) is 19.0. The molecule has 2 aliphatic heterocycles. The maximum absolute atomic E-state index is 14.6. The minimum atomic E-state index is -1.03. The fourth-order valence-electron chi connectivity index (χ4n) is 7.31. The summed E-state index contributed by atoms with van der Waals surface area (Å²) < 4.78 is 0. The van der Waals surface area contributed by atoms with E-state index in [1.165, 1.54) is 11.8 Å². The van der Waals surface area contributed by atoms with Gasteiger partial charge in [-0.25, -0.2) is 0 Å². The number of nitrogens with zero attached hydrogens (tertiary/aromatic N) is 2. The third-order valence-corrected chi connectivity index (χ3v) is 10.8. The average molecular weight is 764 g/mol. The molecule has 2 aromatic rings. The van der Waals surface area contributed by atoms with E-state index in [0.717, 1.165) is 11.1 Å². The molecule has 6 atom stereocenters. The van der Waals surface area contributed by atoms with Gasteiger partial charge in [0.1, 0.15) is 30.2 Å². The monoisotopic (exact) mass is 763 g/mol. The standard InChI is InChI=1S/C40H57N7O6S/c1-26(2)22-33(38(51)44-30(36(42)49)18-21-54-3)47-25-29-17-20-46(35(29)40(47)53)39(52)32(24-28-14-8-5-9-15-28)45-37(50)31(23-27-12-6-4-7-13-27)43-34(48)16-10-11-19-41/h4-9,12-15,26,29-33,35H,10-11,16-25,41H2,1-3H3,(H2,42,49)(H,43,48)(H,44,51)(H,45,50)/t29-,30+,31+,32+,33+,35-/m1/s1. The van der Waals surface area contributed by atoms with Gasteiger partial charge in [0, 0.05) is 38.3 Å². The van der Waals surface area contributed by atoms with Crippen LogP contribution in [0.1, 0.15) is 63.5 Å². The lowest BCUT2D eigenvalue weighted by molar-refractivity contribution is -0.146. The van der Waals surface area contributed by atoms with Crippen LogP contribution in [-0.4, -0.2) is 107 Å². The van der Waals surface area contributed by atoms with Crippen molar-refractivity contribution in [3.8, 4) is 0 Å². The molecule has 2 aromatic carbocycles. The molecule has 294 valence electrons. The first-order chi connectivity index (χ1) is 25.9. The first-order valence-corrected chi connectivity index (χ1v) is 20.4. The number of benzene rings is 2. The number of nitrogens with two attached hydrogens (primary N) is 2. The van der Waals surface area contributed by atoms with E-state index in [1.54, 1.807) is 9.80 Å².